The van der Waals surface area contributed by atoms with E-state index in [0.29, 0.717) is 30.0 Å². The van der Waals surface area contributed by atoms with Gasteiger partial charge >= 0.3 is 0 Å². The number of nitrogens with zero attached hydrogens (tertiary/aromatic N) is 4. The summed E-state index contributed by atoms with van der Waals surface area (Å²) in [7, 11) is 0. The summed E-state index contributed by atoms with van der Waals surface area (Å²) in [6.07, 6.45) is 3.59. The minimum atomic E-state index is 0. The molecule has 181 valence electrons. The molecule has 0 aromatic rings. The van der Waals surface area contributed by atoms with Crippen molar-refractivity contribution in [2.45, 2.75) is 132 Å². The van der Waals surface area contributed by atoms with E-state index < -0.39 is 0 Å². The monoisotopic (exact) mass is 455 g/mol. The van der Waals surface area contributed by atoms with Gasteiger partial charge in [0.1, 0.15) is 0 Å². The molecule has 0 aliphatic heterocycles. The normalized spacial score (nSPS) is 15.0. The van der Waals surface area contributed by atoms with Crippen LogP contribution in [0.25, 0.3) is 21.3 Å². The summed E-state index contributed by atoms with van der Waals surface area (Å²) in [5.41, 5.74) is 0.0395. The van der Waals surface area contributed by atoms with E-state index in [0.717, 1.165) is 32.4 Å². The van der Waals surface area contributed by atoms with Gasteiger partial charge in [-0.1, -0.05) is 107 Å². The zero-order valence-corrected chi connectivity index (χ0v) is 22.7. The van der Waals surface area contributed by atoms with Crippen molar-refractivity contribution in [1.82, 2.24) is 0 Å². The molecule has 0 aromatic carbocycles. The molecule has 0 saturated heterocycles. The van der Waals surface area contributed by atoms with Gasteiger partial charge in [-0.3, -0.25) is 0 Å². The summed E-state index contributed by atoms with van der Waals surface area (Å²) in [5, 5.41) is 18.5. The molecule has 0 bridgehead atoms. The van der Waals surface area contributed by atoms with Gasteiger partial charge in [-0.15, -0.1) is 43.7 Å². The van der Waals surface area contributed by atoms with E-state index in [1.54, 1.807) is 0 Å². The molecule has 0 aromatic heterocycles. The molecule has 0 rings (SSSR count). The molecule has 0 aliphatic rings. The third kappa shape index (κ3) is 26.3. The van der Waals surface area contributed by atoms with Crippen molar-refractivity contribution in [3.05, 3.63) is 21.3 Å². The van der Waals surface area contributed by atoms with Gasteiger partial charge in [0.2, 0.25) is 0 Å². The predicted octanol–water partition coefficient (Wildman–Crippen LogP) is 8.28. The third-order valence-electron chi connectivity index (χ3n) is 4.03. The van der Waals surface area contributed by atoms with Crippen LogP contribution in [0.4, 0.5) is 0 Å². The Labute approximate surface area is 195 Å². The van der Waals surface area contributed by atoms with Crippen molar-refractivity contribution in [1.29, 1.82) is 0 Å². The molecule has 29 heavy (non-hydrogen) atoms. The summed E-state index contributed by atoms with van der Waals surface area (Å²) < 4.78 is 0. The van der Waals surface area contributed by atoms with Crippen LogP contribution in [0.2, 0.25) is 0 Å². The molecule has 0 fully saturated rings. The van der Waals surface area contributed by atoms with E-state index in [1.165, 1.54) is 0 Å². The molecule has 0 N–H and O–H groups in total. The summed E-state index contributed by atoms with van der Waals surface area (Å²) in [4.78, 5) is 0. The Balaban J connectivity index is -0.000000491. The maximum atomic E-state index is 4.80. The van der Waals surface area contributed by atoms with Gasteiger partial charge in [0, 0.05) is 16.8 Å². The van der Waals surface area contributed by atoms with Crippen LogP contribution in [0.15, 0.2) is 0 Å². The van der Waals surface area contributed by atoms with Gasteiger partial charge in [-0.2, -0.15) is 0 Å². The number of hydrogen-bond acceptors (Lipinski definition) is 0. The molecule has 0 saturated carbocycles. The van der Waals surface area contributed by atoms with E-state index in [1.807, 2.05) is 6.92 Å². The Bertz CT molecular complexity index is 322. The topological polar surface area (TPSA) is 56.4 Å². The van der Waals surface area contributed by atoms with Crippen LogP contribution in [-0.4, -0.2) is 42.9 Å². The second-order valence-electron chi connectivity index (χ2n) is 10.1. The largest absolute Gasteiger partial charge is 0.676 e. The van der Waals surface area contributed by atoms with E-state index in [-0.39, 0.29) is 28.5 Å². The van der Waals surface area contributed by atoms with Gasteiger partial charge < -0.3 is 21.3 Å². The zero-order valence-electron chi connectivity index (χ0n) is 21.6. The van der Waals surface area contributed by atoms with Gasteiger partial charge in [-0.05, 0) is 0 Å². The van der Waals surface area contributed by atoms with Gasteiger partial charge in [0.25, 0.3) is 0 Å². The molecule has 0 amide bonds. The molecule has 1 radical (unpaired) electrons. The van der Waals surface area contributed by atoms with Crippen LogP contribution in [0, 0.1) is 11.8 Å². The van der Waals surface area contributed by atoms with E-state index in [9.17, 15) is 0 Å². The van der Waals surface area contributed by atoms with Gasteiger partial charge in [-0.25, -0.2) is 6.17 Å². The van der Waals surface area contributed by atoms with Crippen molar-refractivity contribution in [3.8, 4) is 0 Å². The quantitative estimate of drug-likeness (QED) is 0.268. The first kappa shape index (κ1) is 34.0. The molecule has 0 heterocycles. The Morgan fingerprint density at radius 3 is 1.31 bits per heavy atom. The van der Waals surface area contributed by atoms with Crippen molar-refractivity contribution in [3.63, 3.8) is 0 Å². The summed E-state index contributed by atoms with van der Waals surface area (Å²) in [6.45, 7) is 27.9. The van der Waals surface area contributed by atoms with Gasteiger partial charge in [0.15, 0.2) is 0 Å². The standard InChI is InChI=1S/C15H32N2.C9H20N2.Co/c1-7-14(16-10-12(3)4)9-15(8-2)17-11-13(5)6;1-7(2)10-8(3)11-9(4,5)6;/h12-15H,7-11H2,1-6H3;7-8H,1-6H3;/q2*-2;. The van der Waals surface area contributed by atoms with Crippen LogP contribution in [0.1, 0.15) is 102 Å². The molecule has 3 unspecified atom stereocenters. The number of rotatable bonds is 13. The van der Waals surface area contributed by atoms with E-state index in [4.69, 9.17) is 10.6 Å². The summed E-state index contributed by atoms with van der Waals surface area (Å²) in [5.74, 6) is 1.36. The summed E-state index contributed by atoms with van der Waals surface area (Å²) >= 11 is 0. The van der Waals surface area contributed by atoms with Crippen LogP contribution >= 0.6 is 0 Å². The summed E-state index contributed by atoms with van der Waals surface area (Å²) in [6, 6.07) is 1.41. The van der Waals surface area contributed by atoms with Crippen molar-refractivity contribution < 1.29 is 16.8 Å². The zero-order chi connectivity index (χ0) is 22.3. The molecule has 4 nitrogen and oxygen atoms in total. The first-order chi connectivity index (χ1) is 12.8. The van der Waals surface area contributed by atoms with Crippen LogP contribution in [0.5, 0.6) is 0 Å². The smallest absolute Gasteiger partial charge is 0 e. The molecule has 5 heteroatoms. The van der Waals surface area contributed by atoms with Crippen molar-refractivity contribution in [2.75, 3.05) is 13.1 Å². The fraction of sp³-hybridized carbons (Fsp3) is 1.00. The van der Waals surface area contributed by atoms with Crippen LogP contribution in [0.3, 0.4) is 0 Å². The fourth-order valence-corrected chi connectivity index (χ4v) is 2.80. The Hall–Kier alpha value is 0.346. The van der Waals surface area contributed by atoms with Crippen molar-refractivity contribution in [2.24, 2.45) is 11.8 Å². The Kier molecular flexibility index (Phi) is 22.3. The van der Waals surface area contributed by atoms with E-state index in [2.05, 4.69) is 86.8 Å². The van der Waals surface area contributed by atoms with Gasteiger partial charge in [0.05, 0.1) is 0 Å². The molecule has 3 atom stereocenters. The molecule has 0 aliphatic carbocycles. The molecule has 0 spiro atoms. The minimum Gasteiger partial charge on any atom is -0.676 e. The van der Waals surface area contributed by atoms with E-state index >= 15 is 0 Å². The van der Waals surface area contributed by atoms with Crippen LogP contribution in [-0.2, 0) is 16.8 Å². The third-order valence-corrected chi connectivity index (χ3v) is 4.03. The first-order valence-electron chi connectivity index (χ1n) is 11.6. The Morgan fingerprint density at radius 2 is 1.07 bits per heavy atom. The average molecular weight is 456 g/mol. The maximum absolute atomic E-state index is 4.80. The van der Waals surface area contributed by atoms with Crippen LogP contribution < -0.4 is 0 Å². The second-order valence-corrected chi connectivity index (χ2v) is 10.1. The predicted molar refractivity (Wildman–Crippen MR) is 130 cm³/mol. The molecular formula is C24H52CoN4-4. The fourth-order valence-electron chi connectivity index (χ4n) is 2.80. The second kappa shape index (κ2) is 19.1. The maximum Gasteiger partial charge on any atom is 0 e. The Morgan fingerprint density at radius 1 is 0.690 bits per heavy atom. The SMILES string of the molecule is CC(C)[N-]C(C)[N-]C(C)(C)C.CCC(CC(CC)[N-]CC(C)C)[N-]CC(C)C.[Co]. The first-order valence-corrected chi connectivity index (χ1v) is 11.6. The average Bonchev–Trinajstić information content (AvgIpc) is 2.52. The van der Waals surface area contributed by atoms with Crippen molar-refractivity contribution >= 4 is 0 Å². The minimum absolute atomic E-state index is 0. The molecular weight excluding hydrogens is 403 g/mol. The number of hydrogen-bond donors (Lipinski definition) is 0.